The van der Waals surface area contributed by atoms with Crippen LogP contribution >= 0.6 is 0 Å². The Kier molecular flexibility index (Phi) is 6.91. The Morgan fingerprint density at radius 1 is 0.962 bits per heavy atom. The van der Waals surface area contributed by atoms with Gasteiger partial charge < -0.3 is 15.2 Å². The summed E-state index contributed by atoms with van der Waals surface area (Å²) < 4.78 is 5.54. The van der Waals surface area contributed by atoms with Crippen molar-refractivity contribution < 1.29 is 24.2 Å². The second-order valence-electron chi connectivity index (χ2n) is 5.81. The number of Topliss-reactive ketones (excluding diaryl/α,β-unsaturated/α-hetero) is 1. The van der Waals surface area contributed by atoms with Gasteiger partial charge in [0.25, 0.3) is 0 Å². The number of hydrogen-bond donors (Lipinski definition) is 2. The fraction of sp³-hybridized carbons (Fsp3) is 0.250. The highest BCUT2D eigenvalue weighted by Crippen LogP contribution is 2.13. The van der Waals surface area contributed by atoms with Crippen LogP contribution in [-0.4, -0.2) is 29.4 Å². The SMILES string of the molecule is CC(=O)c1ccc(OCCCC(=O)NCc2ccc(C(=O)O)cc2)cc1. The third-order valence-corrected chi connectivity index (χ3v) is 3.77. The van der Waals surface area contributed by atoms with Gasteiger partial charge >= 0.3 is 5.97 Å². The van der Waals surface area contributed by atoms with Crippen LogP contribution < -0.4 is 10.1 Å². The van der Waals surface area contributed by atoms with E-state index >= 15 is 0 Å². The average Bonchev–Trinajstić information content (AvgIpc) is 2.64. The number of ketones is 1. The summed E-state index contributed by atoms with van der Waals surface area (Å²) in [5, 5.41) is 11.6. The smallest absolute Gasteiger partial charge is 0.335 e. The van der Waals surface area contributed by atoms with Gasteiger partial charge in [-0.2, -0.15) is 0 Å². The van der Waals surface area contributed by atoms with E-state index in [0.29, 0.717) is 37.3 Å². The summed E-state index contributed by atoms with van der Waals surface area (Å²) in [6, 6.07) is 13.3. The molecule has 2 aromatic carbocycles. The Labute approximate surface area is 151 Å². The molecule has 0 aliphatic heterocycles. The quantitative estimate of drug-likeness (QED) is 0.533. The molecule has 0 unspecified atom stereocenters. The maximum absolute atomic E-state index is 11.8. The van der Waals surface area contributed by atoms with E-state index < -0.39 is 5.97 Å². The molecule has 0 aromatic heterocycles. The van der Waals surface area contributed by atoms with E-state index in [1.807, 2.05) is 0 Å². The maximum atomic E-state index is 11.8. The Balaban J connectivity index is 1.65. The first kappa shape index (κ1) is 19.2. The predicted molar refractivity (Wildman–Crippen MR) is 96.4 cm³/mol. The summed E-state index contributed by atoms with van der Waals surface area (Å²) in [6.07, 6.45) is 0.900. The molecule has 0 aliphatic carbocycles. The van der Waals surface area contributed by atoms with Crippen LogP contribution in [0.15, 0.2) is 48.5 Å². The van der Waals surface area contributed by atoms with E-state index in [1.54, 1.807) is 36.4 Å². The summed E-state index contributed by atoms with van der Waals surface area (Å²) in [5.74, 6) is -0.404. The summed E-state index contributed by atoms with van der Waals surface area (Å²) >= 11 is 0. The van der Waals surface area contributed by atoms with Gasteiger partial charge in [0.05, 0.1) is 12.2 Å². The molecule has 0 spiro atoms. The van der Waals surface area contributed by atoms with Crippen LogP contribution in [0, 0.1) is 0 Å². The van der Waals surface area contributed by atoms with Crippen molar-refractivity contribution in [2.75, 3.05) is 6.61 Å². The molecule has 0 bridgehead atoms. The molecule has 1 amide bonds. The maximum Gasteiger partial charge on any atom is 0.335 e. The largest absolute Gasteiger partial charge is 0.494 e. The van der Waals surface area contributed by atoms with Crippen molar-refractivity contribution in [1.82, 2.24) is 5.32 Å². The van der Waals surface area contributed by atoms with Crippen molar-refractivity contribution in [3.8, 4) is 5.75 Å². The van der Waals surface area contributed by atoms with E-state index in [1.165, 1.54) is 19.1 Å². The fourth-order valence-corrected chi connectivity index (χ4v) is 2.26. The normalized spacial score (nSPS) is 10.2. The molecule has 6 heteroatoms. The molecule has 0 saturated heterocycles. The molecule has 26 heavy (non-hydrogen) atoms. The number of carboxylic acid groups (broad SMARTS) is 1. The lowest BCUT2D eigenvalue weighted by molar-refractivity contribution is -0.121. The van der Waals surface area contributed by atoms with Crippen molar-refractivity contribution in [1.29, 1.82) is 0 Å². The molecule has 0 fully saturated rings. The first-order valence-corrected chi connectivity index (χ1v) is 8.28. The molecule has 6 nitrogen and oxygen atoms in total. The Bertz CT molecular complexity index is 766. The first-order valence-electron chi connectivity index (χ1n) is 8.28. The van der Waals surface area contributed by atoms with Crippen molar-refractivity contribution in [2.24, 2.45) is 0 Å². The average molecular weight is 355 g/mol. The summed E-state index contributed by atoms with van der Waals surface area (Å²) in [7, 11) is 0. The van der Waals surface area contributed by atoms with Crippen molar-refractivity contribution in [3.63, 3.8) is 0 Å². The highest BCUT2D eigenvalue weighted by Gasteiger charge is 2.05. The Hall–Kier alpha value is -3.15. The Morgan fingerprint density at radius 2 is 1.58 bits per heavy atom. The van der Waals surface area contributed by atoms with E-state index in [-0.39, 0.29) is 17.3 Å². The third-order valence-electron chi connectivity index (χ3n) is 3.77. The van der Waals surface area contributed by atoms with E-state index in [9.17, 15) is 14.4 Å². The van der Waals surface area contributed by atoms with Gasteiger partial charge in [-0.25, -0.2) is 4.79 Å². The summed E-state index contributed by atoms with van der Waals surface area (Å²) in [4.78, 5) is 33.8. The van der Waals surface area contributed by atoms with Gasteiger partial charge in [0.15, 0.2) is 5.78 Å². The standard InChI is InChI=1S/C20H21NO5/c1-14(22)16-8-10-18(11-9-16)26-12-2-3-19(23)21-13-15-4-6-17(7-5-15)20(24)25/h4-11H,2-3,12-13H2,1H3,(H,21,23)(H,24,25). The minimum Gasteiger partial charge on any atom is -0.494 e. The topological polar surface area (TPSA) is 92.7 Å². The van der Waals surface area contributed by atoms with Crippen molar-refractivity contribution in [2.45, 2.75) is 26.3 Å². The monoisotopic (exact) mass is 355 g/mol. The van der Waals surface area contributed by atoms with Crippen LogP contribution in [0.5, 0.6) is 5.75 Å². The number of carbonyl (C=O) groups is 3. The van der Waals surface area contributed by atoms with E-state index in [2.05, 4.69) is 5.32 Å². The number of ether oxygens (including phenoxy) is 1. The van der Waals surface area contributed by atoms with Gasteiger partial charge in [-0.05, 0) is 55.3 Å². The molecular weight excluding hydrogens is 334 g/mol. The second kappa shape index (κ2) is 9.36. The number of aromatic carboxylic acids is 1. The number of benzene rings is 2. The molecule has 2 rings (SSSR count). The summed E-state index contributed by atoms with van der Waals surface area (Å²) in [6.45, 7) is 2.27. The van der Waals surface area contributed by atoms with Crippen LogP contribution in [0.2, 0.25) is 0 Å². The lowest BCUT2D eigenvalue weighted by atomic mass is 10.1. The lowest BCUT2D eigenvalue weighted by Gasteiger charge is -2.08. The van der Waals surface area contributed by atoms with E-state index in [4.69, 9.17) is 9.84 Å². The van der Waals surface area contributed by atoms with Crippen LogP contribution in [0.1, 0.15) is 46.0 Å². The number of carboxylic acids is 1. The predicted octanol–water partition coefficient (Wildman–Crippen LogP) is 3.06. The minimum atomic E-state index is -0.975. The minimum absolute atomic E-state index is 0.00539. The van der Waals surface area contributed by atoms with Gasteiger partial charge in [0, 0.05) is 18.5 Å². The second-order valence-corrected chi connectivity index (χ2v) is 5.81. The molecule has 0 radical (unpaired) electrons. The van der Waals surface area contributed by atoms with Crippen LogP contribution in [-0.2, 0) is 11.3 Å². The van der Waals surface area contributed by atoms with Crippen LogP contribution in [0.25, 0.3) is 0 Å². The molecule has 0 atom stereocenters. The summed E-state index contributed by atoms with van der Waals surface area (Å²) in [5.41, 5.74) is 1.69. The van der Waals surface area contributed by atoms with Crippen LogP contribution in [0.4, 0.5) is 0 Å². The lowest BCUT2D eigenvalue weighted by Crippen LogP contribution is -2.23. The number of nitrogens with one attached hydrogen (secondary N) is 1. The fourth-order valence-electron chi connectivity index (χ4n) is 2.26. The van der Waals surface area contributed by atoms with Gasteiger partial charge in [-0.15, -0.1) is 0 Å². The van der Waals surface area contributed by atoms with Crippen molar-refractivity contribution >= 4 is 17.7 Å². The number of carbonyl (C=O) groups excluding carboxylic acids is 2. The zero-order valence-corrected chi connectivity index (χ0v) is 14.5. The molecule has 2 aromatic rings. The van der Waals surface area contributed by atoms with Crippen molar-refractivity contribution in [3.05, 3.63) is 65.2 Å². The number of hydrogen-bond acceptors (Lipinski definition) is 4. The molecule has 0 saturated carbocycles. The molecule has 2 N–H and O–H groups in total. The van der Waals surface area contributed by atoms with E-state index in [0.717, 1.165) is 5.56 Å². The highest BCUT2D eigenvalue weighted by molar-refractivity contribution is 5.94. The zero-order valence-electron chi connectivity index (χ0n) is 14.5. The first-order chi connectivity index (χ1) is 12.5. The molecular formula is C20H21NO5. The molecule has 0 aliphatic rings. The van der Waals surface area contributed by atoms with Crippen LogP contribution in [0.3, 0.4) is 0 Å². The van der Waals surface area contributed by atoms with Gasteiger partial charge in [0.1, 0.15) is 5.75 Å². The number of rotatable bonds is 9. The molecule has 0 heterocycles. The third kappa shape index (κ3) is 6.05. The van der Waals surface area contributed by atoms with Gasteiger partial charge in [0.2, 0.25) is 5.91 Å². The van der Waals surface area contributed by atoms with Gasteiger partial charge in [-0.3, -0.25) is 9.59 Å². The van der Waals surface area contributed by atoms with Gasteiger partial charge in [-0.1, -0.05) is 12.1 Å². The zero-order chi connectivity index (χ0) is 18.9. The highest BCUT2D eigenvalue weighted by atomic mass is 16.5. The number of amides is 1. The Morgan fingerprint density at radius 3 is 2.15 bits per heavy atom. The molecule has 136 valence electrons.